The number of carboxylic acid groups (broad SMARTS) is 1. The van der Waals surface area contributed by atoms with Crippen LogP contribution in [0.3, 0.4) is 0 Å². The van der Waals surface area contributed by atoms with Gasteiger partial charge < -0.3 is 19.9 Å². The van der Waals surface area contributed by atoms with Crippen LogP contribution in [0.2, 0.25) is 10.0 Å². The Morgan fingerprint density at radius 2 is 2.00 bits per heavy atom. The van der Waals surface area contributed by atoms with Crippen molar-refractivity contribution in [3.8, 4) is 22.9 Å². The summed E-state index contributed by atoms with van der Waals surface area (Å²) in [6.45, 7) is 1.29. The van der Waals surface area contributed by atoms with Crippen LogP contribution in [-0.2, 0) is 4.79 Å². The van der Waals surface area contributed by atoms with E-state index in [4.69, 9.17) is 33.0 Å². The van der Waals surface area contributed by atoms with Crippen molar-refractivity contribution in [1.82, 2.24) is 4.98 Å². The Bertz CT molecular complexity index is 823. The lowest BCUT2D eigenvalue weighted by Crippen LogP contribution is -2.10. The van der Waals surface area contributed by atoms with Gasteiger partial charge in [-0.1, -0.05) is 23.2 Å². The molecule has 10 heteroatoms. The number of hydrogen-bond donors (Lipinski definition) is 2. The highest BCUT2D eigenvalue weighted by Gasteiger charge is 2.20. The highest BCUT2D eigenvalue weighted by molar-refractivity contribution is 9.10. The number of nitrogens with zero attached hydrogens (tertiary/aromatic N) is 1. The van der Waals surface area contributed by atoms with Crippen molar-refractivity contribution in [2.45, 2.75) is 6.92 Å². The van der Waals surface area contributed by atoms with E-state index in [2.05, 4.69) is 31.0 Å². The average Bonchev–Trinajstić information content (AvgIpc) is 2.51. The molecule has 7 nitrogen and oxygen atoms in total. The largest absolute Gasteiger partial charge is 0.512 e. The number of anilines is 1. The van der Waals surface area contributed by atoms with Crippen LogP contribution in [0, 0.1) is 0 Å². The van der Waals surface area contributed by atoms with Gasteiger partial charge in [-0.2, -0.15) is 0 Å². The van der Waals surface area contributed by atoms with Gasteiger partial charge in [0, 0.05) is 12.5 Å². The van der Waals surface area contributed by atoms with E-state index in [-0.39, 0.29) is 22.3 Å². The zero-order chi connectivity index (χ0) is 18.7. The molecular formula is C15H11BrCl2N2O5. The summed E-state index contributed by atoms with van der Waals surface area (Å²) < 4.78 is 10.3. The number of benzene rings is 1. The monoisotopic (exact) mass is 448 g/mol. The third kappa shape index (κ3) is 4.33. The minimum Gasteiger partial charge on any atom is -0.494 e. The van der Waals surface area contributed by atoms with E-state index in [0.717, 1.165) is 0 Å². The summed E-state index contributed by atoms with van der Waals surface area (Å²) in [4.78, 5) is 26.3. The molecule has 0 saturated heterocycles. The van der Waals surface area contributed by atoms with Gasteiger partial charge in [-0.15, -0.1) is 0 Å². The van der Waals surface area contributed by atoms with Gasteiger partial charge in [0.05, 0.1) is 28.0 Å². The number of amides is 1. The van der Waals surface area contributed by atoms with Gasteiger partial charge in [0.1, 0.15) is 5.02 Å². The molecule has 0 aliphatic carbocycles. The number of hydrogen-bond acceptors (Lipinski definition) is 5. The Morgan fingerprint density at radius 1 is 1.32 bits per heavy atom. The van der Waals surface area contributed by atoms with Crippen molar-refractivity contribution in [2.24, 2.45) is 0 Å². The maximum absolute atomic E-state index is 11.4. The number of methoxy groups -OCH3 is 1. The molecule has 2 rings (SSSR count). The Balaban J connectivity index is 2.69. The second kappa shape index (κ2) is 7.90. The topological polar surface area (TPSA) is 97.8 Å². The normalized spacial score (nSPS) is 10.3. The summed E-state index contributed by atoms with van der Waals surface area (Å²) in [6.07, 6.45) is -1.59. The predicted molar refractivity (Wildman–Crippen MR) is 96.9 cm³/mol. The quantitative estimate of drug-likeness (QED) is 0.648. The van der Waals surface area contributed by atoms with Gasteiger partial charge >= 0.3 is 6.16 Å². The molecule has 0 unspecified atom stereocenters. The van der Waals surface area contributed by atoms with E-state index in [0.29, 0.717) is 20.8 Å². The smallest absolute Gasteiger partial charge is 0.494 e. The van der Waals surface area contributed by atoms with E-state index < -0.39 is 12.1 Å². The Morgan fingerprint density at radius 3 is 2.56 bits per heavy atom. The number of rotatable bonds is 4. The van der Waals surface area contributed by atoms with Crippen molar-refractivity contribution < 1.29 is 24.2 Å². The fraction of sp³-hybridized carbons (Fsp3) is 0.133. The van der Waals surface area contributed by atoms with Crippen molar-refractivity contribution >= 4 is 56.9 Å². The molecule has 0 atom stereocenters. The summed E-state index contributed by atoms with van der Waals surface area (Å²) in [5, 5.41) is 11.6. The Kier molecular flexibility index (Phi) is 6.10. The molecule has 0 aliphatic rings. The highest BCUT2D eigenvalue weighted by Crippen LogP contribution is 2.42. The van der Waals surface area contributed by atoms with Crippen LogP contribution in [0.5, 0.6) is 11.6 Å². The third-order valence-corrected chi connectivity index (χ3v) is 4.40. The van der Waals surface area contributed by atoms with E-state index in [1.165, 1.54) is 20.1 Å². The summed E-state index contributed by atoms with van der Waals surface area (Å²) in [6, 6.07) is 4.71. The van der Waals surface area contributed by atoms with Crippen molar-refractivity contribution in [3.05, 3.63) is 32.7 Å². The summed E-state index contributed by atoms with van der Waals surface area (Å²) in [7, 11) is 1.45. The van der Waals surface area contributed by atoms with Gasteiger partial charge in [0.2, 0.25) is 11.8 Å². The number of halogens is 3. The van der Waals surface area contributed by atoms with Crippen LogP contribution >= 0.6 is 39.1 Å². The van der Waals surface area contributed by atoms with Crippen LogP contribution < -0.4 is 14.8 Å². The molecule has 0 saturated carbocycles. The summed E-state index contributed by atoms with van der Waals surface area (Å²) >= 11 is 15.5. The average molecular weight is 450 g/mol. The van der Waals surface area contributed by atoms with E-state index in [1.54, 1.807) is 12.1 Å². The predicted octanol–water partition coefficient (Wildman–Crippen LogP) is 4.84. The lowest BCUT2D eigenvalue weighted by molar-refractivity contribution is -0.114. The molecule has 0 radical (unpaired) electrons. The fourth-order valence-electron chi connectivity index (χ4n) is 1.99. The van der Waals surface area contributed by atoms with Crippen molar-refractivity contribution in [2.75, 3.05) is 12.4 Å². The first-order valence-corrected chi connectivity index (χ1v) is 8.20. The number of ether oxygens (including phenoxy) is 2. The molecule has 1 amide bonds. The third-order valence-electron chi connectivity index (χ3n) is 2.95. The zero-order valence-electron chi connectivity index (χ0n) is 12.9. The van der Waals surface area contributed by atoms with Gasteiger partial charge in [0.25, 0.3) is 0 Å². The van der Waals surface area contributed by atoms with Gasteiger partial charge in [-0.25, -0.2) is 9.78 Å². The second-order valence-electron chi connectivity index (χ2n) is 4.67. The zero-order valence-corrected chi connectivity index (χ0v) is 16.0. The summed E-state index contributed by atoms with van der Waals surface area (Å²) in [5.41, 5.74) is 0.960. The van der Waals surface area contributed by atoms with Crippen molar-refractivity contribution in [1.29, 1.82) is 0 Å². The van der Waals surface area contributed by atoms with Gasteiger partial charge in [0.15, 0.2) is 5.75 Å². The molecule has 2 aromatic rings. The SMILES string of the molecule is COc1c(Cl)ccc(-c2cc(NC(C)=O)c(Cl)c(OC(=O)O)n2)c1Br. The molecular weight excluding hydrogens is 439 g/mol. The lowest BCUT2D eigenvalue weighted by Gasteiger charge is -2.14. The lowest BCUT2D eigenvalue weighted by atomic mass is 10.1. The number of carbonyl (C=O) groups is 2. The minimum absolute atomic E-state index is 0.140. The standard InChI is InChI=1S/C15H11BrCl2N2O5/c1-6(21)19-10-5-9(20-14(12(10)18)25-15(22)23)7-3-4-8(17)13(24-2)11(7)16/h3-5H,1-2H3,(H,22,23)(H,19,20,21). The molecule has 132 valence electrons. The fourth-order valence-corrected chi connectivity index (χ4v) is 3.23. The van der Waals surface area contributed by atoms with Gasteiger partial charge in [-0.3, -0.25) is 4.79 Å². The van der Waals surface area contributed by atoms with Crippen LogP contribution in [0.4, 0.5) is 10.5 Å². The molecule has 0 bridgehead atoms. The minimum atomic E-state index is -1.59. The van der Waals surface area contributed by atoms with Crippen LogP contribution in [0.15, 0.2) is 22.7 Å². The molecule has 2 N–H and O–H groups in total. The molecule has 1 aromatic heterocycles. The summed E-state index contributed by atoms with van der Waals surface area (Å²) in [5.74, 6) is -0.387. The number of carbonyl (C=O) groups excluding carboxylic acids is 1. The Hall–Kier alpha value is -2.03. The highest BCUT2D eigenvalue weighted by atomic mass is 79.9. The van der Waals surface area contributed by atoms with Crippen LogP contribution in [-0.4, -0.2) is 29.3 Å². The number of nitrogens with one attached hydrogen (secondary N) is 1. The van der Waals surface area contributed by atoms with E-state index in [1.807, 2.05) is 0 Å². The molecule has 25 heavy (non-hydrogen) atoms. The molecule has 0 spiro atoms. The van der Waals surface area contributed by atoms with Gasteiger partial charge in [-0.05, 0) is 34.1 Å². The van der Waals surface area contributed by atoms with E-state index in [9.17, 15) is 9.59 Å². The Labute approximate surface area is 161 Å². The molecule has 1 aromatic carbocycles. The molecule has 1 heterocycles. The first-order valence-electron chi connectivity index (χ1n) is 6.65. The molecule has 0 fully saturated rings. The number of pyridine rings is 1. The first-order chi connectivity index (χ1) is 11.7. The second-order valence-corrected chi connectivity index (χ2v) is 6.24. The van der Waals surface area contributed by atoms with Crippen molar-refractivity contribution in [3.63, 3.8) is 0 Å². The van der Waals surface area contributed by atoms with Crippen LogP contribution in [0.25, 0.3) is 11.3 Å². The van der Waals surface area contributed by atoms with Crippen LogP contribution in [0.1, 0.15) is 6.92 Å². The maximum atomic E-state index is 11.4. The maximum Gasteiger partial charge on any atom is 0.512 e. The van der Waals surface area contributed by atoms with E-state index >= 15 is 0 Å². The number of aromatic nitrogens is 1. The first kappa shape index (κ1) is 19.3. The molecule has 0 aliphatic heterocycles.